The first-order chi connectivity index (χ1) is 21.8. The van der Waals surface area contributed by atoms with Gasteiger partial charge >= 0.3 is 12.2 Å². The molecule has 0 aliphatic carbocycles. The number of anilines is 2. The lowest BCUT2D eigenvalue weighted by Crippen LogP contribution is -2.61. The zero-order valence-corrected chi connectivity index (χ0v) is 24.7. The van der Waals surface area contributed by atoms with Crippen LogP contribution < -0.4 is 19.9 Å². The van der Waals surface area contributed by atoms with Crippen molar-refractivity contribution >= 4 is 35.0 Å². The molecule has 1 N–H and O–H groups in total. The number of thioether (sulfide) groups is 1. The van der Waals surface area contributed by atoms with Crippen LogP contribution in [0.5, 0.6) is 5.75 Å². The molecular weight excluding hydrogens is 607 g/mol. The van der Waals surface area contributed by atoms with Gasteiger partial charge in [0, 0.05) is 13.1 Å². The topological polar surface area (TPSA) is 109 Å². The van der Waals surface area contributed by atoms with Crippen LogP contribution in [0, 0.1) is 11.3 Å². The molecule has 2 fully saturated rings. The van der Waals surface area contributed by atoms with Gasteiger partial charge in [-0.3, -0.25) is 9.47 Å². The van der Waals surface area contributed by atoms with E-state index in [1.807, 2.05) is 11.0 Å². The predicted molar refractivity (Wildman–Crippen MR) is 163 cm³/mol. The quantitative estimate of drug-likeness (QED) is 0.270. The number of alkyl halides is 3. The van der Waals surface area contributed by atoms with Crippen molar-refractivity contribution in [1.29, 1.82) is 5.26 Å². The lowest BCUT2D eigenvalue weighted by atomic mass is 10.1. The van der Waals surface area contributed by atoms with Gasteiger partial charge in [-0.25, -0.2) is 4.79 Å². The number of nitrogens with one attached hydrogen (secondary N) is 1. The summed E-state index contributed by atoms with van der Waals surface area (Å²) in [5, 5.41) is 21.4. The van der Waals surface area contributed by atoms with Gasteiger partial charge in [-0.05, 0) is 42.0 Å². The van der Waals surface area contributed by atoms with Crippen molar-refractivity contribution in [2.24, 2.45) is 0 Å². The maximum absolute atomic E-state index is 15.3. The van der Waals surface area contributed by atoms with E-state index in [-0.39, 0.29) is 27.7 Å². The number of hydrogen-bond donors (Lipinski definition) is 1. The van der Waals surface area contributed by atoms with E-state index in [4.69, 9.17) is 9.47 Å². The van der Waals surface area contributed by atoms with Gasteiger partial charge in [0.1, 0.15) is 22.4 Å². The summed E-state index contributed by atoms with van der Waals surface area (Å²) in [6.45, 7) is 1.87. The summed E-state index contributed by atoms with van der Waals surface area (Å²) in [6.07, 6.45) is -5.00. The lowest BCUT2D eigenvalue weighted by molar-refractivity contribution is -0.167. The van der Waals surface area contributed by atoms with Crippen LogP contribution in [0.3, 0.4) is 0 Å². The molecule has 2 aliphatic rings. The summed E-state index contributed by atoms with van der Waals surface area (Å²) in [5.41, 5.74) is 0.322. The lowest BCUT2D eigenvalue weighted by Gasteiger charge is -2.44. The van der Waals surface area contributed by atoms with E-state index in [1.165, 1.54) is 31.4 Å². The third kappa shape index (κ3) is 5.45. The van der Waals surface area contributed by atoms with Crippen molar-refractivity contribution in [3.63, 3.8) is 0 Å². The van der Waals surface area contributed by atoms with E-state index < -0.39 is 17.1 Å². The Labute approximate surface area is 260 Å². The molecule has 230 valence electrons. The van der Waals surface area contributed by atoms with Crippen molar-refractivity contribution in [2.45, 2.75) is 11.0 Å². The molecule has 10 nitrogen and oxygen atoms in total. The normalized spacial score (nSPS) is 19.9. The molecule has 1 atom stereocenters. The van der Waals surface area contributed by atoms with Crippen molar-refractivity contribution in [3.05, 3.63) is 101 Å². The number of methoxy groups -OCH3 is 1. The molecule has 4 aromatic rings. The molecule has 45 heavy (non-hydrogen) atoms. The van der Waals surface area contributed by atoms with Gasteiger partial charge in [-0.2, -0.15) is 18.4 Å². The van der Waals surface area contributed by atoms with Gasteiger partial charge in [0.05, 0.1) is 31.7 Å². The van der Waals surface area contributed by atoms with Crippen LogP contribution in [0.15, 0.2) is 90.0 Å². The van der Waals surface area contributed by atoms with Crippen LogP contribution in [0.25, 0.3) is 11.3 Å². The zero-order valence-electron chi connectivity index (χ0n) is 23.9. The highest BCUT2D eigenvalue weighted by molar-refractivity contribution is 8.04. The number of carbonyl (C=O) groups is 1. The molecule has 14 heteroatoms. The highest BCUT2D eigenvalue weighted by Gasteiger charge is 2.62. The third-order valence-electron chi connectivity index (χ3n) is 7.35. The average Bonchev–Trinajstić information content (AvgIpc) is 3.50. The van der Waals surface area contributed by atoms with E-state index in [9.17, 15) is 10.1 Å². The molecule has 0 saturated carbocycles. The number of rotatable bonds is 6. The first kappa shape index (κ1) is 30.0. The Morgan fingerprint density at radius 2 is 1.60 bits per heavy atom. The Kier molecular flexibility index (Phi) is 8.13. The van der Waals surface area contributed by atoms with Gasteiger partial charge in [0.15, 0.2) is 5.82 Å². The summed E-state index contributed by atoms with van der Waals surface area (Å²) < 4.78 is 58.0. The monoisotopic (exact) mass is 633 g/mol. The molecule has 1 unspecified atom stereocenters. The molecule has 2 aliphatic heterocycles. The molecule has 2 amide bonds. The summed E-state index contributed by atoms with van der Waals surface area (Å²) in [5.74, 6) is 0.713. The van der Waals surface area contributed by atoms with Crippen LogP contribution in [0.1, 0.15) is 11.4 Å². The van der Waals surface area contributed by atoms with Crippen LogP contribution in [0.4, 0.5) is 29.6 Å². The van der Waals surface area contributed by atoms with Crippen LogP contribution in [-0.2, 0) is 9.61 Å². The fourth-order valence-corrected chi connectivity index (χ4v) is 6.47. The number of nitriles is 1. The number of ether oxygens (including phenoxy) is 2. The summed E-state index contributed by atoms with van der Waals surface area (Å²) >= 11 is 0.306. The van der Waals surface area contributed by atoms with E-state index in [2.05, 4.69) is 21.6 Å². The summed E-state index contributed by atoms with van der Waals surface area (Å²) in [7, 11) is 1.40. The molecular formula is C31H26F3N7O3S. The highest BCUT2D eigenvalue weighted by atomic mass is 32.2. The van der Waals surface area contributed by atoms with Crippen molar-refractivity contribution < 1.29 is 27.4 Å². The van der Waals surface area contributed by atoms with Gasteiger partial charge < -0.3 is 19.7 Å². The number of para-hydroxylation sites is 2. The van der Waals surface area contributed by atoms with E-state index in [0.717, 1.165) is 4.90 Å². The first-order valence-electron chi connectivity index (χ1n) is 13.8. The third-order valence-corrected chi connectivity index (χ3v) is 8.81. The Bertz CT molecular complexity index is 1750. The fraction of sp³-hybridized carbons (Fsp3) is 0.226. The molecule has 3 heterocycles. The number of hydrogen-bond acceptors (Lipinski definition) is 8. The maximum atomic E-state index is 15.3. The van der Waals surface area contributed by atoms with Gasteiger partial charge in [-0.1, -0.05) is 60.3 Å². The minimum atomic E-state index is -5.00. The standard InChI is InChI=1S/C31H26F3N7O3S/c1-43-24-14-12-21(13-15-24)30(31(32,33)34)36-29(42)41(23-10-6-3-7-11-23)27(45-30)25(20-35)26-37-38-28(39-16-18-44-19-17-39)40(26)22-8-4-2-5-9-22/h2-15H,16-19H2,1H3,(H,36,42). The van der Waals surface area contributed by atoms with Crippen LogP contribution >= 0.6 is 11.8 Å². The van der Waals surface area contributed by atoms with E-state index >= 15 is 13.2 Å². The molecule has 2 saturated heterocycles. The van der Waals surface area contributed by atoms with E-state index in [1.54, 1.807) is 59.2 Å². The molecule has 6 rings (SSSR count). The maximum Gasteiger partial charge on any atom is 0.425 e. The molecule has 0 radical (unpaired) electrons. The van der Waals surface area contributed by atoms with Gasteiger partial charge in [0.2, 0.25) is 10.8 Å². The number of aromatic nitrogens is 3. The van der Waals surface area contributed by atoms with Crippen LogP contribution in [-0.4, -0.2) is 60.4 Å². The van der Waals surface area contributed by atoms with Gasteiger partial charge in [-0.15, -0.1) is 10.2 Å². The molecule has 0 spiro atoms. The number of nitrogens with zero attached hydrogens (tertiary/aromatic N) is 6. The Hall–Kier alpha value is -5.00. The Balaban J connectivity index is 1.62. The second-order valence-corrected chi connectivity index (χ2v) is 11.2. The minimum Gasteiger partial charge on any atom is -0.497 e. The van der Waals surface area contributed by atoms with Crippen molar-refractivity contribution in [1.82, 2.24) is 20.1 Å². The number of allylic oxidation sites excluding steroid dienone is 1. The second kappa shape index (κ2) is 12.2. The predicted octanol–water partition coefficient (Wildman–Crippen LogP) is 5.68. The van der Waals surface area contributed by atoms with Crippen molar-refractivity contribution in [3.8, 4) is 17.5 Å². The SMILES string of the molecule is COc1ccc(C2(C(F)(F)F)NC(=O)N(c3ccccc3)C(=C(C#N)c3nnc(N4CCOCC4)n3-c3ccccc3)S2)cc1. The molecule has 1 aromatic heterocycles. The number of amides is 2. The first-order valence-corrected chi connectivity index (χ1v) is 14.6. The smallest absolute Gasteiger partial charge is 0.425 e. The minimum absolute atomic E-state index is 0.0193. The number of halogens is 3. The average molecular weight is 634 g/mol. The Morgan fingerprint density at radius 1 is 0.978 bits per heavy atom. The summed E-state index contributed by atoms with van der Waals surface area (Å²) in [6, 6.07) is 23.4. The number of morpholine rings is 1. The van der Waals surface area contributed by atoms with E-state index in [0.29, 0.717) is 55.5 Å². The summed E-state index contributed by atoms with van der Waals surface area (Å²) in [4.78, 5) is 13.9. The Morgan fingerprint density at radius 3 is 2.18 bits per heavy atom. The van der Waals surface area contributed by atoms with Crippen molar-refractivity contribution in [2.75, 3.05) is 43.2 Å². The highest BCUT2D eigenvalue weighted by Crippen LogP contribution is 2.55. The molecule has 0 bridgehead atoms. The fourth-order valence-electron chi connectivity index (χ4n) is 5.15. The number of urea groups is 1. The number of carbonyl (C=O) groups excluding carboxylic acids is 1. The largest absolute Gasteiger partial charge is 0.497 e. The van der Waals surface area contributed by atoms with Gasteiger partial charge in [0.25, 0.3) is 0 Å². The number of benzene rings is 3. The second-order valence-electron chi connectivity index (χ2n) is 10.00. The zero-order chi connectivity index (χ0) is 31.6. The molecule has 3 aromatic carbocycles. The van der Waals surface area contributed by atoms with Crippen LogP contribution in [0.2, 0.25) is 0 Å².